The van der Waals surface area contributed by atoms with E-state index in [1.54, 1.807) is 0 Å². The molecule has 9 heteroatoms. The zero-order valence-electron chi connectivity index (χ0n) is 8.58. The molecule has 3 N–H and O–H groups in total. The molecule has 0 fully saturated rings. The summed E-state index contributed by atoms with van der Waals surface area (Å²) in [7, 11) is -4.29. The van der Waals surface area contributed by atoms with Crippen LogP contribution in [-0.4, -0.2) is 21.0 Å². The first kappa shape index (κ1) is 13.4. The van der Waals surface area contributed by atoms with Crippen LogP contribution in [0.2, 0.25) is 0 Å². The number of hydrogen-bond donors (Lipinski definition) is 2. The first-order valence-electron chi connectivity index (χ1n) is 4.20. The van der Waals surface area contributed by atoms with E-state index in [-0.39, 0.29) is 17.1 Å². The van der Waals surface area contributed by atoms with Crippen LogP contribution < -0.4 is 15.2 Å². The van der Waals surface area contributed by atoms with Gasteiger partial charge in [0.25, 0.3) is 0 Å². The van der Waals surface area contributed by atoms with Crippen LogP contribution in [0.4, 0.5) is 24.5 Å². The van der Waals surface area contributed by atoms with Crippen molar-refractivity contribution in [1.82, 2.24) is 0 Å². The molecule has 0 amide bonds. The summed E-state index contributed by atoms with van der Waals surface area (Å²) >= 11 is 0. The van der Waals surface area contributed by atoms with Crippen LogP contribution in [0.5, 0.6) is 5.75 Å². The van der Waals surface area contributed by atoms with Crippen LogP contribution >= 0.6 is 0 Å². The number of nitrogens with one attached hydrogen (secondary N) is 1. The molecule has 0 saturated carbocycles. The standard InChI is InChI=1S/C8H9F3N2O3S/c1-16-7-3-2-5(12)4-6(7)13-17(14,15)8(9,10)11/h2-4,13H,12H2,1H3. The highest BCUT2D eigenvalue weighted by atomic mass is 32.2. The van der Waals surface area contributed by atoms with Gasteiger partial charge in [0.1, 0.15) is 5.75 Å². The van der Waals surface area contributed by atoms with Gasteiger partial charge in [-0.1, -0.05) is 0 Å². The van der Waals surface area contributed by atoms with Crippen LogP contribution in [-0.2, 0) is 10.0 Å². The van der Waals surface area contributed by atoms with Gasteiger partial charge in [0, 0.05) is 5.69 Å². The average molecular weight is 270 g/mol. The minimum Gasteiger partial charge on any atom is -0.495 e. The van der Waals surface area contributed by atoms with E-state index in [1.807, 2.05) is 0 Å². The molecule has 1 rings (SSSR count). The summed E-state index contributed by atoms with van der Waals surface area (Å²) in [6, 6.07) is 3.65. The molecule has 0 unspecified atom stereocenters. The van der Waals surface area contributed by atoms with Gasteiger partial charge in [-0.05, 0) is 18.2 Å². The van der Waals surface area contributed by atoms with Crippen molar-refractivity contribution in [1.29, 1.82) is 0 Å². The molecule has 5 nitrogen and oxygen atoms in total. The van der Waals surface area contributed by atoms with Crippen LogP contribution in [0.25, 0.3) is 0 Å². The van der Waals surface area contributed by atoms with E-state index in [0.29, 0.717) is 0 Å². The quantitative estimate of drug-likeness (QED) is 0.816. The lowest BCUT2D eigenvalue weighted by Gasteiger charge is -2.13. The van der Waals surface area contributed by atoms with E-state index in [1.165, 1.54) is 24.0 Å². The first-order chi connectivity index (χ1) is 7.67. The second kappa shape index (κ2) is 4.32. The second-order valence-electron chi connectivity index (χ2n) is 3.01. The number of sulfonamides is 1. The smallest absolute Gasteiger partial charge is 0.495 e. The Kier molecular flexibility index (Phi) is 3.41. The van der Waals surface area contributed by atoms with Crippen molar-refractivity contribution < 1.29 is 26.3 Å². The Balaban J connectivity index is 3.16. The number of benzene rings is 1. The van der Waals surface area contributed by atoms with Crippen molar-refractivity contribution in [2.45, 2.75) is 5.51 Å². The molecule has 0 heterocycles. The van der Waals surface area contributed by atoms with E-state index in [2.05, 4.69) is 0 Å². The minimum atomic E-state index is -5.49. The fraction of sp³-hybridized carbons (Fsp3) is 0.250. The van der Waals surface area contributed by atoms with Gasteiger partial charge in [-0.2, -0.15) is 21.6 Å². The lowest BCUT2D eigenvalue weighted by molar-refractivity contribution is -0.0429. The molecular formula is C8H9F3N2O3S. The molecule has 0 aromatic heterocycles. The van der Waals surface area contributed by atoms with Crippen molar-refractivity contribution in [3.05, 3.63) is 18.2 Å². The SMILES string of the molecule is COc1ccc(N)cc1NS(=O)(=O)C(F)(F)F. The molecule has 0 saturated heterocycles. The number of ether oxygens (including phenoxy) is 1. The van der Waals surface area contributed by atoms with Crippen molar-refractivity contribution in [3.8, 4) is 5.75 Å². The number of rotatable bonds is 3. The average Bonchev–Trinajstić information content (AvgIpc) is 2.15. The zero-order chi connectivity index (χ0) is 13.3. The Labute approximate surface area is 95.4 Å². The predicted molar refractivity (Wildman–Crippen MR) is 56.0 cm³/mol. The maximum absolute atomic E-state index is 12.1. The largest absolute Gasteiger partial charge is 0.516 e. The highest BCUT2D eigenvalue weighted by molar-refractivity contribution is 7.93. The predicted octanol–water partition coefficient (Wildman–Crippen LogP) is 1.54. The summed E-state index contributed by atoms with van der Waals surface area (Å²) in [6.07, 6.45) is 0. The third-order valence-corrected chi connectivity index (χ3v) is 2.87. The van der Waals surface area contributed by atoms with Crippen molar-refractivity contribution in [2.24, 2.45) is 0 Å². The third kappa shape index (κ3) is 2.93. The van der Waals surface area contributed by atoms with Gasteiger partial charge < -0.3 is 10.5 Å². The van der Waals surface area contributed by atoms with E-state index in [0.717, 1.165) is 6.07 Å². The molecule has 96 valence electrons. The Morgan fingerprint density at radius 3 is 2.41 bits per heavy atom. The molecule has 1 aromatic rings. The lowest BCUT2D eigenvalue weighted by Crippen LogP contribution is -2.30. The molecule has 0 aliphatic heterocycles. The Morgan fingerprint density at radius 2 is 1.94 bits per heavy atom. The van der Waals surface area contributed by atoms with Crippen LogP contribution in [0.1, 0.15) is 0 Å². The van der Waals surface area contributed by atoms with Gasteiger partial charge in [0.2, 0.25) is 0 Å². The normalized spacial score (nSPS) is 12.2. The fourth-order valence-corrected chi connectivity index (χ4v) is 1.57. The number of halogens is 3. The summed E-state index contributed by atoms with van der Waals surface area (Å²) in [4.78, 5) is 0. The van der Waals surface area contributed by atoms with Gasteiger partial charge in [0.05, 0.1) is 12.8 Å². The van der Waals surface area contributed by atoms with E-state index in [4.69, 9.17) is 10.5 Å². The van der Waals surface area contributed by atoms with Gasteiger partial charge in [-0.3, -0.25) is 4.72 Å². The summed E-state index contributed by atoms with van der Waals surface area (Å²) in [6.45, 7) is 0. The molecule has 0 aliphatic rings. The number of methoxy groups -OCH3 is 1. The molecule has 0 atom stereocenters. The molecule has 0 spiro atoms. The molecule has 1 aromatic carbocycles. The fourth-order valence-electron chi connectivity index (χ4n) is 1.01. The number of nitrogens with two attached hydrogens (primary N) is 1. The van der Waals surface area contributed by atoms with Crippen LogP contribution in [0.15, 0.2) is 18.2 Å². The third-order valence-electron chi connectivity index (χ3n) is 1.77. The van der Waals surface area contributed by atoms with Crippen molar-refractivity contribution in [3.63, 3.8) is 0 Å². The zero-order valence-corrected chi connectivity index (χ0v) is 9.39. The number of hydrogen-bond acceptors (Lipinski definition) is 4. The molecule has 0 aliphatic carbocycles. The van der Waals surface area contributed by atoms with Gasteiger partial charge >= 0.3 is 15.5 Å². The molecule has 17 heavy (non-hydrogen) atoms. The topological polar surface area (TPSA) is 81.4 Å². The van der Waals surface area contributed by atoms with E-state index < -0.39 is 15.5 Å². The molecule has 0 bridgehead atoms. The summed E-state index contributed by atoms with van der Waals surface area (Å²) in [5, 5.41) is 0. The molecular weight excluding hydrogens is 261 g/mol. The lowest BCUT2D eigenvalue weighted by atomic mass is 10.2. The minimum absolute atomic E-state index is 0.0629. The Hall–Kier alpha value is -1.64. The van der Waals surface area contributed by atoms with Gasteiger partial charge in [-0.15, -0.1) is 0 Å². The van der Waals surface area contributed by atoms with Crippen LogP contribution in [0.3, 0.4) is 0 Å². The van der Waals surface area contributed by atoms with E-state index >= 15 is 0 Å². The Bertz CT molecular complexity index is 513. The first-order valence-corrected chi connectivity index (χ1v) is 5.68. The van der Waals surface area contributed by atoms with E-state index in [9.17, 15) is 21.6 Å². The number of nitrogen functional groups attached to an aromatic ring is 1. The second-order valence-corrected chi connectivity index (χ2v) is 4.68. The summed E-state index contributed by atoms with van der Waals surface area (Å²) in [5.74, 6) is -0.0629. The number of alkyl halides is 3. The van der Waals surface area contributed by atoms with Crippen LogP contribution in [0, 0.1) is 0 Å². The van der Waals surface area contributed by atoms with Crippen molar-refractivity contribution in [2.75, 3.05) is 17.6 Å². The Morgan fingerprint density at radius 1 is 1.35 bits per heavy atom. The van der Waals surface area contributed by atoms with Gasteiger partial charge in [0.15, 0.2) is 0 Å². The molecule has 0 radical (unpaired) electrons. The summed E-state index contributed by atoms with van der Waals surface area (Å²) in [5.41, 5.74) is -0.330. The maximum Gasteiger partial charge on any atom is 0.516 e. The highest BCUT2D eigenvalue weighted by Gasteiger charge is 2.46. The maximum atomic E-state index is 12.1. The number of anilines is 2. The monoisotopic (exact) mass is 270 g/mol. The van der Waals surface area contributed by atoms with Gasteiger partial charge in [-0.25, -0.2) is 0 Å². The van der Waals surface area contributed by atoms with Crippen molar-refractivity contribution >= 4 is 21.4 Å². The summed E-state index contributed by atoms with van der Waals surface area (Å²) < 4.78 is 64.2. The highest BCUT2D eigenvalue weighted by Crippen LogP contribution is 2.31.